The predicted octanol–water partition coefficient (Wildman–Crippen LogP) is 5.02. The Labute approximate surface area is 246 Å². The minimum absolute atomic E-state index is 0.0199. The van der Waals surface area contributed by atoms with E-state index >= 15 is 0 Å². The molecule has 0 saturated carbocycles. The van der Waals surface area contributed by atoms with Crippen molar-refractivity contribution in [2.45, 2.75) is 37.8 Å². The molecule has 0 aromatic heterocycles. The van der Waals surface area contributed by atoms with E-state index in [1.54, 1.807) is 55.5 Å². The van der Waals surface area contributed by atoms with Crippen LogP contribution in [0.3, 0.4) is 0 Å². The number of carbonyl (C=O) groups is 2. The van der Waals surface area contributed by atoms with Crippen molar-refractivity contribution in [3.05, 3.63) is 131 Å². The number of anilines is 1. The lowest BCUT2D eigenvalue weighted by Crippen LogP contribution is -2.53. The Bertz CT molecular complexity index is 1650. The molecule has 9 heteroatoms. The monoisotopic (exact) mass is 587 g/mol. The SMILES string of the molecule is CNC(=O)[C@@H](Cc1ccccc1)N(Cc1ccccc1F)C(=O)CN(c1cccc(C)c1C)S(=O)(=O)c1ccccc1. The highest BCUT2D eigenvalue weighted by Gasteiger charge is 2.35. The number of benzene rings is 4. The zero-order valence-corrected chi connectivity index (χ0v) is 24.6. The maximum absolute atomic E-state index is 14.9. The van der Waals surface area contributed by atoms with E-state index in [1.807, 2.05) is 43.3 Å². The van der Waals surface area contributed by atoms with Crippen molar-refractivity contribution in [2.24, 2.45) is 0 Å². The summed E-state index contributed by atoms with van der Waals surface area (Å²) in [6.07, 6.45) is 0.148. The van der Waals surface area contributed by atoms with Gasteiger partial charge in [0, 0.05) is 25.6 Å². The van der Waals surface area contributed by atoms with Gasteiger partial charge in [0.25, 0.3) is 10.0 Å². The molecule has 218 valence electrons. The Morgan fingerprint density at radius 1 is 0.833 bits per heavy atom. The minimum Gasteiger partial charge on any atom is -0.357 e. The number of hydrogen-bond acceptors (Lipinski definition) is 4. The van der Waals surface area contributed by atoms with Crippen molar-refractivity contribution in [2.75, 3.05) is 17.9 Å². The van der Waals surface area contributed by atoms with Gasteiger partial charge in [-0.05, 0) is 54.8 Å². The second kappa shape index (κ2) is 13.4. The summed E-state index contributed by atoms with van der Waals surface area (Å²) in [5, 5.41) is 2.62. The minimum atomic E-state index is -4.20. The molecular weight excluding hydrogens is 553 g/mol. The molecule has 42 heavy (non-hydrogen) atoms. The summed E-state index contributed by atoms with van der Waals surface area (Å²) in [5.74, 6) is -1.63. The van der Waals surface area contributed by atoms with Crippen LogP contribution in [-0.4, -0.2) is 44.8 Å². The fourth-order valence-corrected chi connectivity index (χ4v) is 6.26. The maximum Gasteiger partial charge on any atom is 0.264 e. The Morgan fingerprint density at radius 2 is 1.45 bits per heavy atom. The Kier molecular flexibility index (Phi) is 9.75. The van der Waals surface area contributed by atoms with E-state index < -0.39 is 40.2 Å². The first-order valence-electron chi connectivity index (χ1n) is 13.6. The molecular formula is C33H34FN3O4S. The van der Waals surface area contributed by atoms with Crippen molar-refractivity contribution in [3.63, 3.8) is 0 Å². The predicted molar refractivity (Wildman–Crippen MR) is 162 cm³/mol. The second-order valence-corrected chi connectivity index (χ2v) is 11.8. The van der Waals surface area contributed by atoms with Gasteiger partial charge < -0.3 is 10.2 Å². The first-order chi connectivity index (χ1) is 20.1. The molecule has 0 bridgehead atoms. The molecule has 2 amide bonds. The molecule has 0 unspecified atom stereocenters. The standard InChI is InChI=1S/C33H34FN3O4S/c1-24-13-12-20-30(25(24)2)37(42(40,41)28-17-8-5-9-18-28)23-32(38)36(22-27-16-10-11-19-29(27)34)31(33(39)35-3)21-26-14-6-4-7-15-26/h4-20,31H,21-23H2,1-3H3,(H,35,39)/t31-/m1/s1. The number of carbonyl (C=O) groups excluding carboxylic acids is 2. The lowest BCUT2D eigenvalue weighted by atomic mass is 10.0. The fraction of sp³-hybridized carbons (Fsp3) is 0.212. The number of nitrogens with one attached hydrogen (secondary N) is 1. The molecule has 0 aliphatic heterocycles. The Hall–Kier alpha value is -4.50. The first kappa shape index (κ1) is 30.5. The van der Waals surface area contributed by atoms with Crippen LogP contribution in [0.2, 0.25) is 0 Å². The number of amides is 2. The molecule has 1 N–H and O–H groups in total. The normalized spacial score (nSPS) is 11.9. The van der Waals surface area contributed by atoms with Crippen molar-refractivity contribution < 1.29 is 22.4 Å². The molecule has 0 heterocycles. The van der Waals surface area contributed by atoms with Gasteiger partial charge in [-0.25, -0.2) is 12.8 Å². The van der Waals surface area contributed by atoms with E-state index in [0.29, 0.717) is 11.3 Å². The third kappa shape index (κ3) is 6.86. The van der Waals surface area contributed by atoms with Gasteiger partial charge in [0.1, 0.15) is 18.4 Å². The summed E-state index contributed by atoms with van der Waals surface area (Å²) in [6, 6.07) is 27.3. The van der Waals surface area contributed by atoms with Crippen LogP contribution in [-0.2, 0) is 32.6 Å². The van der Waals surface area contributed by atoms with Crippen LogP contribution in [0.4, 0.5) is 10.1 Å². The van der Waals surface area contributed by atoms with Crippen LogP contribution < -0.4 is 9.62 Å². The van der Waals surface area contributed by atoms with Crippen molar-refractivity contribution >= 4 is 27.5 Å². The molecule has 1 atom stereocenters. The Balaban J connectivity index is 1.82. The summed E-state index contributed by atoms with van der Waals surface area (Å²) < 4.78 is 44.0. The highest BCUT2D eigenvalue weighted by Crippen LogP contribution is 2.29. The van der Waals surface area contributed by atoms with E-state index in [-0.39, 0.29) is 23.4 Å². The van der Waals surface area contributed by atoms with E-state index in [1.165, 1.54) is 30.1 Å². The number of likely N-dealkylation sites (N-methyl/N-ethyl adjacent to an activating group) is 1. The van der Waals surface area contributed by atoms with Gasteiger partial charge in [0.2, 0.25) is 11.8 Å². The third-order valence-electron chi connectivity index (χ3n) is 7.27. The van der Waals surface area contributed by atoms with Crippen LogP contribution in [0, 0.1) is 19.7 Å². The molecule has 0 radical (unpaired) electrons. The van der Waals surface area contributed by atoms with Crippen LogP contribution in [0.5, 0.6) is 0 Å². The number of hydrogen-bond donors (Lipinski definition) is 1. The first-order valence-corrected chi connectivity index (χ1v) is 15.0. The van der Waals surface area contributed by atoms with Crippen molar-refractivity contribution in [1.82, 2.24) is 10.2 Å². The largest absolute Gasteiger partial charge is 0.357 e. The zero-order valence-electron chi connectivity index (χ0n) is 23.8. The smallest absolute Gasteiger partial charge is 0.264 e. The number of halogens is 1. The molecule has 0 aliphatic rings. The van der Waals surface area contributed by atoms with Gasteiger partial charge in [-0.15, -0.1) is 0 Å². The van der Waals surface area contributed by atoms with Crippen LogP contribution in [0.1, 0.15) is 22.3 Å². The fourth-order valence-electron chi connectivity index (χ4n) is 4.77. The summed E-state index contributed by atoms with van der Waals surface area (Å²) in [4.78, 5) is 28.9. The topological polar surface area (TPSA) is 86.8 Å². The van der Waals surface area contributed by atoms with Gasteiger partial charge >= 0.3 is 0 Å². The van der Waals surface area contributed by atoms with Gasteiger partial charge in [0.15, 0.2) is 0 Å². The third-order valence-corrected chi connectivity index (χ3v) is 9.04. The quantitative estimate of drug-likeness (QED) is 0.267. The number of nitrogens with zero attached hydrogens (tertiary/aromatic N) is 2. The molecule has 0 fully saturated rings. The number of rotatable bonds is 11. The van der Waals surface area contributed by atoms with Gasteiger partial charge in [-0.3, -0.25) is 13.9 Å². The van der Waals surface area contributed by atoms with E-state index in [0.717, 1.165) is 15.4 Å². The molecule has 0 saturated heterocycles. The molecule has 0 aliphatic carbocycles. The van der Waals surface area contributed by atoms with Gasteiger partial charge in [0.05, 0.1) is 10.6 Å². The summed E-state index contributed by atoms with van der Waals surface area (Å²) in [6.45, 7) is 2.82. The van der Waals surface area contributed by atoms with Gasteiger partial charge in [-0.1, -0.05) is 78.9 Å². The Morgan fingerprint density at radius 3 is 2.10 bits per heavy atom. The molecule has 4 aromatic carbocycles. The summed E-state index contributed by atoms with van der Waals surface area (Å²) in [7, 11) is -2.74. The molecule has 4 aromatic rings. The summed E-state index contributed by atoms with van der Waals surface area (Å²) in [5.41, 5.74) is 2.89. The number of aryl methyl sites for hydroxylation is 1. The highest BCUT2D eigenvalue weighted by atomic mass is 32.2. The van der Waals surface area contributed by atoms with Crippen LogP contribution >= 0.6 is 0 Å². The van der Waals surface area contributed by atoms with E-state index in [2.05, 4.69) is 5.32 Å². The van der Waals surface area contributed by atoms with Crippen LogP contribution in [0.25, 0.3) is 0 Å². The summed E-state index contributed by atoms with van der Waals surface area (Å²) >= 11 is 0. The lowest BCUT2D eigenvalue weighted by molar-refractivity contribution is -0.139. The lowest BCUT2D eigenvalue weighted by Gasteiger charge is -2.34. The second-order valence-electron chi connectivity index (χ2n) is 9.98. The van der Waals surface area contributed by atoms with E-state index in [9.17, 15) is 22.4 Å². The van der Waals surface area contributed by atoms with E-state index in [4.69, 9.17) is 0 Å². The van der Waals surface area contributed by atoms with Crippen LogP contribution in [0.15, 0.2) is 108 Å². The van der Waals surface area contributed by atoms with Crippen molar-refractivity contribution in [3.8, 4) is 0 Å². The zero-order chi connectivity index (χ0) is 30.3. The molecule has 4 rings (SSSR count). The number of sulfonamides is 1. The van der Waals surface area contributed by atoms with Crippen molar-refractivity contribution in [1.29, 1.82) is 0 Å². The maximum atomic E-state index is 14.9. The molecule has 0 spiro atoms. The average Bonchev–Trinajstić information content (AvgIpc) is 3.00. The average molecular weight is 588 g/mol. The highest BCUT2D eigenvalue weighted by molar-refractivity contribution is 7.92. The van der Waals surface area contributed by atoms with Gasteiger partial charge in [-0.2, -0.15) is 0 Å². The molecule has 7 nitrogen and oxygen atoms in total.